The first-order valence-electron chi connectivity index (χ1n) is 6.74. The molecule has 1 heterocycles. The van der Waals surface area contributed by atoms with Gasteiger partial charge in [0.15, 0.2) is 0 Å². The summed E-state index contributed by atoms with van der Waals surface area (Å²) >= 11 is 0. The van der Waals surface area contributed by atoms with Gasteiger partial charge in [0, 0.05) is 17.9 Å². The zero-order valence-electron chi connectivity index (χ0n) is 11.0. The molecule has 0 bridgehead atoms. The Morgan fingerprint density at radius 3 is 2.12 bits per heavy atom. The molecule has 2 rings (SSSR count). The maximum atomic E-state index is 11.7. The minimum Gasteiger partial charge on any atom is -0.299 e. The maximum Gasteiger partial charge on any atom is 0.136 e. The van der Waals surface area contributed by atoms with E-state index in [0.29, 0.717) is 23.2 Å². The van der Waals surface area contributed by atoms with Crippen molar-refractivity contribution in [1.82, 2.24) is 4.90 Å². The summed E-state index contributed by atoms with van der Waals surface area (Å²) in [5, 5.41) is 0. The number of ketones is 1. The minimum absolute atomic E-state index is 0.297. The van der Waals surface area contributed by atoms with Gasteiger partial charge in [-0.25, -0.2) is 0 Å². The molecule has 0 aromatic heterocycles. The number of hydrogen-bond acceptors (Lipinski definition) is 2. The Balaban J connectivity index is 1.74. The third-order valence-corrected chi connectivity index (χ3v) is 4.09. The molecule has 1 aliphatic heterocycles. The van der Waals surface area contributed by atoms with Crippen molar-refractivity contribution in [2.45, 2.75) is 58.4 Å². The Bertz CT molecular complexity index is 254. The molecule has 1 aliphatic carbocycles. The van der Waals surface area contributed by atoms with Crippen molar-refractivity contribution < 1.29 is 4.79 Å². The standard InChI is InChI=1S/C14H25NO/c1-14(2,3)15-8-6-11(7-9-15)10-13(16)12-4-5-12/h11-12H,4-10H2,1-3H3. The first-order valence-corrected chi connectivity index (χ1v) is 6.74. The van der Waals surface area contributed by atoms with Crippen LogP contribution in [0.15, 0.2) is 0 Å². The van der Waals surface area contributed by atoms with Gasteiger partial charge in [-0.2, -0.15) is 0 Å². The lowest BCUT2D eigenvalue weighted by Gasteiger charge is -2.40. The summed E-state index contributed by atoms with van der Waals surface area (Å²) in [7, 11) is 0. The van der Waals surface area contributed by atoms with Crippen molar-refractivity contribution >= 4 is 5.78 Å². The van der Waals surface area contributed by atoms with Crippen molar-refractivity contribution in [1.29, 1.82) is 0 Å². The highest BCUT2D eigenvalue weighted by atomic mass is 16.1. The first-order chi connectivity index (χ1) is 7.47. The Morgan fingerprint density at radius 2 is 1.69 bits per heavy atom. The van der Waals surface area contributed by atoms with Crippen LogP contribution < -0.4 is 0 Å². The number of nitrogens with zero attached hydrogens (tertiary/aromatic N) is 1. The van der Waals surface area contributed by atoms with Crippen LogP contribution in [0.1, 0.15) is 52.9 Å². The van der Waals surface area contributed by atoms with E-state index in [-0.39, 0.29) is 0 Å². The largest absolute Gasteiger partial charge is 0.299 e. The number of carbonyl (C=O) groups excluding carboxylic acids is 1. The zero-order valence-corrected chi connectivity index (χ0v) is 11.0. The topological polar surface area (TPSA) is 20.3 Å². The van der Waals surface area contributed by atoms with Crippen LogP contribution >= 0.6 is 0 Å². The van der Waals surface area contributed by atoms with Crippen molar-refractivity contribution in [3.63, 3.8) is 0 Å². The van der Waals surface area contributed by atoms with Crippen LogP contribution in [0, 0.1) is 11.8 Å². The Hall–Kier alpha value is -0.370. The molecule has 0 aromatic carbocycles. The summed E-state index contributed by atoms with van der Waals surface area (Å²) in [4.78, 5) is 14.3. The van der Waals surface area contributed by atoms with Gasteiger partial charge in [-0.3, -0.25) is 9.69 Å². The van der Waals surface area contributed by atoms with E-state index in [0.717, 1.165) is 6.42 Å². The van der Waals surface area contributed by atoms with Gasteiger partial charge >= 0.3 is 0 Å². The van der Waals surface area contributed by atoms with E-state index in [1.54, 1.807) is 0 Å². The average molecular weight is 223 g/mol. The van der Waals surface area contributed by atoms with Crippen LogP contribution in [-0.2, 0) is 4.79 Å². The number of Topliss-reactive ketones (excluding diaryl/α,β-unsaturated/α-hetero) is 1. The van der Waals surface area contributed by atoms with Gasteiger partial charge in [0.1, 0.15) is 5.78 Å². The second kappa shape index (κ2) is 4.48. The van der Waals surface area contributed by atoms with E-state index < -0.39 is 0 Å². The van der Waals surface area contributed by atoms with E-state index in [1.807, 2.05) is 0 Å². The number of hydrogen-bond donors (Lipinski definition) is 0. The minimum atomic E-state index is 0.297. The number of rotatable bonds is 3. The molecule has 2 aliphatic rings. The lowest BCUT2D eigenvalue weighted by Crippen LogP contribution is -2.46. The van der Waals surface area contributed by atoms with Gasteiger partial charge < -0.3 is 0 Å². The van der Waals surface area contributed by atoms with Crippen molar-refractivity contribution in [3.05, 3.63) is 0 Å². The Labute approximate surface area is 99.4 Å². The summed E-state index contributed by atoms with van der Waals surface area (Å²) in [6.07, 6.45) is 5.63. The van der Waals surface area contributed by atoms with Crippen LogP contribution in [0.5, 0.6) is 0 Å². The Kier molecular flexibility index (Phi) is 3.39. The third-order valence-electron chi connectivity index (χ3n) is 4.09. The zero-order chi connectivity index (χ0) is 11.8. The highest BCUT2D eigenvalue weighted by molar-refractivity contribution is 5.83. The molecular weight excluding hydrogens is 198 g/mol. The van der Waals surface area contributed by atoms with Gasteiger partial charge in [-0.15, -0.1) is 0 Å². The van der Waals surface area contributed by atoms with Crippen LogP contribution in [0.4, 0.5) is 0 Å². The molecule has 0 atom stereocenters. The normalized spacial score (nSPS) is 24.7. The summed E-state index contributed by atoms with van der Waals surface area (Å²) in [6.45, 7) is 9.19. The molecule has 0 amide bonds. The molecule has 0 spiro atoms. The molecule has 2 heteroatoms. The molecule has 1 saturated heterocycles. The number of carbonyl (C=O) groups is 1. The SMILES string of the molecule is CC(C)(C)N1CCC(CC(=O)C2CC2)CC1. The van der Waals surface area contributed by atoms with Gasteiger partial charge in [0.25, 0.3) is 0 Å². The summed E-state index contributed by atoms with van der Waals surface area (Å²) < 4.78 is 0. The lowest BCUT2D eigenvalue weighted by molar-refractivity contribution is -0.121. The highest BCUT2D eigenvalue weighted by Gasteiger charge is 2.33. The molecule has 0 aromatic rings. The average Bonchev–Trinajstić information content (AvgIpc) is 3.00. The van der Waals surface area contributed by atoms with Crippen molar-refractivity contribution in [2.24, 2.45) is 11.8 Å². The van der Waals surface area contributed by atoms with Crippen LogP contribution in [-0.4, -0.2) is 29.3 Å². The van der Waals surface area contributed by atoms with Crippen LogP contribution in [0.3, 0.4) is 0 Å². The van der Waals surface area contributed by atoms with Crippen LogP contribution in [0.25, 0.3) is 0 Å². The fourth-order valence-corrected chi connectivity index (χ4v) is 2.66. The number of piperidine rings is 1. The fraction of sp³-hybridized carbons (Fsp3) is 0.929. The van der Waals surface area contributed by atoms with E-state index in [4.69, 9.17) is 0 Å². The Morgan fingerprint density at radius 1 is 1.12 bits per heavy atom. The molecular formula is C14H25NO. The maximum absolute atomic E-state index is 11.7. The lowest BCUT2D eigenvalue weighted by atomic mass is 9.88. The molecule has 2 nitrogen and oxygen atoms in total. The smallest absolute Gasteiger partial charge is 0.136 e. The molecule has 1 saturated carbocycles. The first kappa shape index (κ1) is 12.1. The molecule has 0 radical (unpaired) electrons. The molecule has 16 heavy (non-hydrogen) atoms. The molecule has 92 valence electrons. The second-order valence-corrected chi connectivity index (χ2v) is 6.55. The number of likely N-dealkylation sites (tertiary alicyclic amines) is 1. The van der Waals surface area contributed by atoms with Crippen LogP contribution in [0.2, 0.25) is 0 Å². The van der Waals surface area contributed by atoms with E-state index >= 15 is 0 Å². The molecule has 2 fully saturated rings. The second-order valence-electron chi connectivity index (χ2n) is 6.55. The fourth-order valence-electron chi connectivity index (χ4n) is 2.66. The monoisotopic (exact) mass is 223 g/mol. The van der Waals surface area contributed by atoms with Gasteiger partial charge in [0.05, 0.1) is 0 Å². The highest BCUT2D eigenvalue weighted by Crippen LogP contribution is 2.34. The van der Waals surface area contributed by atoms with Gasteiger partial charge in [-0.05, 0) is 65.5 Å². The molecule has 0 unspecified atom stereocenters. The summed E-state index contributed by atoms with van der Waals surface area (Å²) in [5.41, 5.74) is 0.297. The summed E-state index contributed by atoms with van der Waals surface area (Å²) in [6, 6.07) is 0. The van der Waals surface area contributed by atoms with Gasteiger partial charge in [-0.1, -0.05) is 0 Å². The molecule has 0 N–H and O–H groups in total. The predicted molar refractivity (Wildman–Crippen MR) is 66.4 cm³/mol. The van der Waals surface area contributed by atoms with E-state index in [1.165, 1.54) is 38.8 Å². The third kappa shape index (κ3) is 3.07. The quantitative estimate of drug-likeness (QED) is 0.733. The van der Waals surface area contributed by atoms with E-state index in [2.05, 4.69) is 25.7 Å². The predicted octanol–water partition coefficient (Wildman–Crippen LogP) is 2.87. The van der Waals surface area contributed by atoms with Crippen molar-refractivity contribution in [2.75, 3.05) is 13.1 Å². The van der Waals surface area contributed by atoms with E-state index in [9.17, 15) is 4.79 Å². The van der Waals surface area contributed by atoms with Crippen molar-refractivity contribution in [3.8, 4) is 0 Å². The van der Waals surface area contributed by atoms with Gasteiger partial charge in [0.2, 0.25) is 0 Å². The summed E-state index contributed by atoms with van der Waals surface area (Å²) in [5.74, 6) is 1.68.